The standard InChI is InChI=1S/C5H5N5O4S/c1-2-3(15(13,14)10-9-6)4(11)8-5(12)7-2/h6H,1H3,(H-,7,8,11,12)/p+1. The van der Waals surface area contributed by atoms with Crippen molar-refractivity contribution in [2.45, 2.75) is 11.8 Å². The van der Waals surface area contributed by atoms with Gasteiger partial charge in [-0.15, -0.1) is 0 Å². The van der Waals surface area contributed by atoms with Crippen LogP contribution in [0.25, 0.3) is 0 Å². The molecule has 1 aromatic heterocycles. The van der Waals surface area contributed by atoms with Crippen LogP contribution in [-0.4, -0.2) is 18.4 Å². The third-order valence-electron chi connectivity index (χ3n) is 1.48. The van der Waals surface area contributed by atoms with Crippen LogP contribution in [0.15, 0.2) is 19.0 Å². The van der Waals surface area contributed by atoms with E-state index in [1.807, 2.05) is 0 Å². The summed E-state index contributed by atoms with van der Waals surface area (Å²) in [5, 5.41) is 0. The fourth-order valence-corrected chi connectivity index (χ4v) is 1.91. The lowest BCUT2D eigenvalue weighted by Gasteiger charge is -1.96. The summed E-state index contributed by atoms with van der Waals surface area (Å²) in [6.07, 6.45) is 0. The minimum Gasteiger partial charge on any atom is -0.310 e. The van der Waals surface area contributed by atoms with Crippen LogP contribution in [0.5, 0.6) is 0 Å². The Labute approximate surface area is 82.5 Å². The first-order valence-corrected chi connectivity index (χ1v) is 4.99. The van der Waals surface area contributed by atoms with Crippen LogP contribution in [0.3, 0.4) is 0 Å². The van der Waals surface area contributed by atoms with E-state index in [9.17, 15) is 18.0 Å². The fourth-order valence-electron chi connectivity index (χ4n) is 0.994. The number of aromatic nitrogens is 2. The first-order valence-electron chi connectivity index (χ1n) is 3.55. The van der Waals surface area contributed by atoms with E-state index in [1.165, 1.54) is 6.92 Å². The van der Waals surface area contributed by atoms with E-state index in [-0.39, 0.29) is 5.69 Å². The zero-order valence-electron chi connectivity index (χ0n) is 7.44. The average molecular weight is 232 g/mol. The molecule has 0 bridgehead atoms. The summed E-state index contributed by atoms with van der Waals surface area (Å²) in [4.78, 5) is 27.3. The SMILES string of the molecule is Cc1[nH]c(=O)[nH]c(=O)c1S(=O)(=O)N=[N+]=N. The lowest BCUT2D eigenvalue weighted by Crippen LogP contribution is -2.28. The number of nitrogens with one attached hydrogen (secondary N) is 3. The number of nitrogens with zero attached hydrogens (tertiary/aromatic N) is 2. The van der Waals surface area contributed by atoms with Gasteiger partial charge in [0.25, 0.3) is 10.1 Å². The molecular formula is C5H6N5O4S+. The average Bonchev–Trinajstić information content (AvgIpc) is 1.99. The highest BCUT2D eigenvalue weighted by atomic mass is 32.2. The summed E-state index contributed by atoms with van der Waals surface area (Å²) < 4.78 is 25.1. The summed E-state index contributed by atoms with van der Waals surface area (Å²) in [6, 6.07) is 0. The Morgan fingerprint density at radius 1 is 1.33 bits per heavy atom. The van der Waals surface area contributed by atoms with E-state index in [4.69, 9.17) is 5.53 Å². The monoisotopic (exact) mass is 232 g/mol. The Morgan fingerprint density at radius 2 is 1.93 bits per heavy atom. The predicted molar refractivity (Wildman–Crippen MR) is 46.9 cm³/mol. The van der Waals surface area contributed by atoms with Crippen molar-refractivity contribution in [1.82, 2.24) is 14.9 Å². The smallest absolute Gasteiger partial charge is 0.310 e. The topological polar surface area (TPSA) is 150 Å². The molecule has 0 fully saturated rings. The molecular weight excluding hydrogens is 226 g/mol. The predicted octanol–water partition coefficient (Wildman–Crippen LogP) is -1.39. The van der Waals surface area contributed by atoms with Crippen LogP contribution in [0.2, 0.25) is 0 Å². The third-order valence-corrected chi connectivity index (χ3v) is 2.79. The number of rotatable bonds is 2. The van der Waals surface area contributed by atoms with Gasteiger partial charge < -0.3 is 4.98 Å². The summed E-state index contributed by atoms with van der Waals surface area (Å²) in [6.45, 7) is 1.23. The van der Waals surface area contributed by atoms with Crippen molar-refractivity contribution in [3.05, 3.63) is 26.5 Å². The minimum atomic E-state index is -4.33. The molecule has 10 heteroatoms. The lowest BCUT2D eigenvalue weighted by molar-refractivity contribution is 0.590. The van der Waals surface area contributed by atoms with E-state index in [0.717, 1.165) is 0 Å². The zero-order valence-corrected chi connectivity index (χ0v) is 8.25. The van der Waals surface area contributed by atoms with E-state index in [1.54, 1.807) is 4.98 Å². The third kappa shape index (κ3) is 2.06. The summed E-state index contributed by atoms with van der Waals surface area (Å²) in [5.41, 5.74) is 4.22. The van der Waals surface area contributed by atoms with Gasteiger partial charge >= 0.3 is 15.7 Å². The molecule has 0 unspecified atom stereocenters. The summed E-state index contributed by atoms with van der Waals surface area (Å²) in [7, 11) is -4.33. The first kappa shape index (κ1) is 11.0. The molecule has 0 aliphatic heterocycles. The van der Waals surface area contributed by atoms with Gasteiger partial charge in [-0.25, -0.2) is 4.79 Å². The van der Waals surface area contributed by atoms with Crippen molar-refractivity contribution >= 4 is 10.0 Å². The molecule has 0 saturated heterocycles. The van der Waals surface area contributed by atoms with Gasteiger partial charge in [0, 0.05) is 5.69 Å². The highest BCUT2D eigenvalue weighted by molar-refractivity contribution is 7.90. The maximum absolute atomic E-state index is 11.3. The molecule has 0 atom stereocenters. The fraction of sp³-hybridized carbons (Fsp3) is 0.200. The van der Waals surface area contributed by atoms with Gasteiger partial charge in [-0.3, -0.25) is 9.78 Å². The molecule has 15 heavy (non-hydrogen) atoms. The van der Waals surface area contributed by atoms with Gasteiger partial charge in [0.2, 0.25) is 4.91 Å². The lowest BCUT2D eigenvalue weighted by atomic mass is 10.4. The molecule has 0 spiro atoms. The molecule has 0 aliphatic carbocycles. The number of sulfonamides is 1. The van der Waals surface area contributed by atoms with Crippen LogP contribution < -0.4 is 16.2 Å². The van der Waals surface area contributed by atoms with Gasteiger partial charge in [-0.1, -0.05) is 0 Å². The minimum absolute atomic E-state index is 0.156. The van der Waals surface area contributed by atoms with Crippen molar-refractivity contribution in [3.63, 3.8) is 0 Å². The van der Waals surface area contributed by atoms with E-state index >= 15 is 0 Å². The second kappa shape index (κ2) is 3.59. The van der Waals surface area contributed by atoms with Gasteiger partial charge in [0.15, 0.2) is 4.90 Å². The molecule has 3 N–H and O–H groups in total. The second-order valence-electron chi connectivity index (χ2n) is 2.52. The van der Waals surface area contributed by atoms with Gasteiger partial charge in [-0.05, 0) is 6.92 Å². The van der Waals surface area contributed by atoms with Crippen LogP contribution in [-0.2, 0) is 10.0 Å². The molecule has 9 nitrogen and oxygen atoms in total. The zero-order chi connectivity index (χ0) is 11.6. The number of aromatic amines is 2. The molecule has 0 saturated carbocycles. The molecule has 1 heterocycles. The molecule has 80 valence electrons. The molecule has 0 aromatic carbocycles. The van der Waals surface area contributed by atoms with Crippen LogP contribution in [0.1, 0.15) is 5.69 Å². The Bertz CT molecular complexity index is 647. The summed E-state index contributed by atoms with van der Waals surface area (Å²) >= 11 is 0. The number of aryl methyl sites for hydroxylation is 1. The normalized spacial score (nSPS) is 10.7. The maximum Gasteiger partial charge on any atom is 0.362 e. The largest absolute Gasteiger partial charge is 0.362 e. The number of H-pyrrole nitrogens is 2. The Morgan fingerprint density at radius 3 is 2.40 bits per heavy atom. The van der Waals surface area contributed by atoms with Gasteiger partial charge in [0.1, 0.15) is 5.53 Å². The van der Waals surface area contributed by atoms with Gasteiger partial charge in [-0.2, -0.15) is 8.42 Å². The Hall–Kier alpha value is -2.06. The Kier molecular flexibility index (Phi) is 2.64. The van der Waals surface area contributed by atoms with Crippen LogP contribution in [0.4, 0.5) is 0 Å². The van der Waals surface area contributed by atoms with Crippen molar-refractivity contribution in [2.24, 2.45) is 4.52 Å². The molecule has 1 aromatic rings. The maximum atomic E-state index is 11.3. The van der Waals surface area contributed by atoms with Gasteiger partial charge in [0.05, 0.1) is 0 Å². The van der Waals surface area contributed by atoms with Crippen molar-refractivity contribution in [3.8, 4) is 0 Å². The van der Waals surface area contributed by atoms with Crippen molar-refractivity contribution in [1.29, 1.82) is 5.53 Å². The molecule has 0 amide bonds. The number of hydrogen-bond acceptors (Lipinski definition) is 5. The second-order valence-corrected chi connectivity index (χ2v) is 4.04. The highest BCUT2D eigenvalue weighted by Crippen LogP contribution is 2.07. The van der Waals surface area contributed by atoms with Crippen molar-refractivity contribution < 1.29 is 8.42 Å². The molecule has 0 aliphatic rings. The molecule has 0 radical (unpaired) electrons. The van der Waals surface area contributed by atoms with Crippen LogP contribution in [0, 0.1) is 12.5 Å². The quantitative estimate of drug-likeness (QED) is 0.424. The highest BCUT2D eigenvalue weighted by Gasteiger charge is 2.26. The number of hydrogen-bond donors (Lipinski definition) is 3. The first-order chi connectivity index (χ1) is 6.88. The van der Waals surface area contributed by atoms with E-state index < -0.39 is 26.2 Å². The van der Waals surface area contributed by atoms with Crippen molar-refractivity contribution in [2.75, 3.05) is 0 Å². The van der Waals surface area contributed by atoms with Crippen LogP contribution >= 0.6 is 0 Å². The Balaban J connectivity index is 3.75. The van der Waals surface area contributed by atoms with E-state index in [0.29, 0.717) is 0 Å². The summed E-state index contributed by atoms with van der Waals surface area (Å²) in [5.74, 6) is 0. The van der Waals surface area contributed by atoms with E-state index in [2.05, 4.69) is 14.4 Å². The molecule has 1 rings (SSSR count).